The molecule has 0 aromatic rings. The Balaban J connectivity index is 0. The van der Waals surface area contributed by atoms with Crippen molar-refractivity contribution in [3.63, 3.8) is 0 Å². The van der Waals surface area contributed by atoms with Crippen LogP contribution >= 0.6 is 11.6 Å². The molecule has 1 aliphatic rings. The van der Waals surface area contributed by atoms with Crippen LogP contribution in [0.2, 0.25) is 0 Å². The van der Waals surface area contributed by atoms with Crippen LogP contribution in [0.4, 0.5) is 0 Å². The van der Waals surface area contributed by atoms with E-state index in [1.54, 1.807) is 0 Å². The summed E-state index contributed by atoms with van der Waals surface area (Å²) in [6.07, 6.45) is -0.635. The molecular weight excluding hydrogens is 308 g/mol. The number of thiol groups is 1. The third-order valence-corrected chi connectivity index (χ3v) is 4.07. The monoisotopic (exact) mass is 335 g/mol. The summed E-state index contributed by atoms with van der Waals surface area (Å²) in [4.78, 5) is 0. The van der Waals surface area contributed by atoms with Crippen molar-refractivity contribution in [2.24, 2.45) is 0 Å². The Morgan fingerprint density at radius 3 is 1.95 bits per heavy atom. The summed E-state index contributed by atoms with van der Waals surface area (Å²) in [5, 5.41) is 52.6. The second kappa shape index (κ2) is 14.3. The van der Waals surface area contributed by atoms with E-state index in [4.69, 9.17) is 30.6 Å². The number of hydrogen-bond acceptors (Lipinski definition) is 6. The molecule has 0 aromatic heterocycles. The van der Waals surface area contributed by atoms with Crippen molar-refractivity contribution in [2.45, 2.75) is 49.4 Å². The average Bonchev–Trinajstić information content (AvgIpc) is 2.86. The van der Waals surface area contributed by atoms with Crippen molar-refractivity contribution >= 4 is 23.4 Å². The number of alkyl halides is 1. The molecule has 124 valence electrons. The van der Waals surface area contributed by atoms with Crippen LogP contribution in [0.1, 0.15) is 19.8 Å². The fourth-order valence-electron chi connectivity index (χ4n) is 1.49. The number of rotatable bonds is 5. The van der Waals surface area contributed by atoms with Gasteiger partial charge < -0.3 is 30.6 Å². The molecule has 20 heavy (non-hydrogen) atoms. The van der Waals surface area contributed by atoms with E-state index in [-0.39, 0.29) is 19.1 Å². The molecule has 0 spiro atoms. The highest BCUT2D eigenvalue weighted by atomic mass is 35.5. The van der Waals surface area contributed by atoms with Crippen molar-refractivity contribution in [3.05, 3.63) is 0 Å². The van der Waals surface area contributed by atoms with Gasteiger partial charge in [0.15, 0.2) is 0 Å². The zero-order valence-corrected chi connectivity index (χ0v) is 13.6. The van der Waals surface area contributed by atoms with Gasteiger partial charge in [-0.05, 0) is 18.7 Å². The molecular formula is C12H28ClO6S+. The van der Waals surface area contributed by atoms with E-state index < -0.39 is 24.9 Å². The topological polar surface area (TPSA) is 121 Å². The summed E-state index contributed by atoms with van der Waals surface area (Å²) in [6, 6.07) is 0. The Kier molecular flexibility index (Phi) is 16.3. The molecule has 1 aliphatic heterocycles. The van der Waals surface area contributed by atoms with Crippen LogP contribution < -0.4 is 0 Å². The highest BCUT2D eigenvalue weighted by Gasteiger charge is 2.29. The molecule has 0 radical (unpaired) electrons. The van der Waals surface area contributed by atoms with Crippen LogP contribution in [0.3, 0.4) is 0 Å². The van der Waals surface area contributed by atoms with Gasteiger partial charge in [-0.15, -0.1) is 11.6 Å². The van der Waals surface area contributed by atoms with Crippen molar-refractivity contribution in [1.82, 2.24) is 0 Å². The normalized spacial score (nSPS) is 25.6. The Labute approximate surface area is 129 Å². The molecule has 1 saturated heterocycles. The van der Waals surface area contributed by atoms with Crippen LogP contribution in [-0.4, -0.2) is 85.7 Å². The Bertz CT molecular complexity index is 210. The van der Waals surface area contributed by atoms with Gasteiger partial charge in [-0.1, -0.05) is 0 Å². The van der Waals surface area contributed by atoms with Gasteiger partial charge in [0, 0.05) is 19.2 Å². The van der Waals surface area contributed by atoms with Crippen LogP contribution in [0.25, 0.3) is 0 Å². The molecule has 5 atom stereocenters. The van der Waals surface area contributed by atoms with E-state index in [1.807, 2.05) is 0 Å². The smallest absolute Gasteiger partial charge is 0.141 e. The Hall–Kier alpha value is 0.400. The molecule has 0 aliphatic carbocycles. The van der Waals surface area contributed by atoms with Gasteiger partial charge in [0.1, 0.15) is 23.2 Å². The fraction of sp³-hybridized carbons (Fsp3) is 1.00. The number of hydrogen-bond donors (Lipinski definition) is 6. The second-order valence-electron chi connectivity index (χ2n) is 4.49. The fourth-order valence-corrected chi connectivity index (χ4v) is 2.69. The zero-order chi connectivity index (χ0) is 16.1. The molecule has 4 unspecified atom stereocenters. The lowest BCUT2D eigenvalue weighted by Gasteiger charge is -2.16. The van der Waals surface area contributed by atoms with Gasteiger partial charge in [0.2, 0.25) is 0 Å². The summed E-state index contributed by atoms with van der Waals surface area (Å²) < 4.78 is 0. The zero-order valence-electron chi connectivity index (χ0n) is 11.9. The highest BCUT2D eigenvalue weighted by Crippen LogP contribution is 2.12. The number of aliphatic hydroxyl groups excluding tert-OH is 6. The third kappa shape index (κ3) is 12.2. The summed E-state index contributed by atoms with van der Waals surface area (Å²) in [5.74, 6) is 0.852. The van der Waals surface area contributed by atoms with Crippen LogP contribution in [0.5, 0.6) is 0 Å². The van der Waals surface area contributed by atoms with E-state index in [9.17, 15) is 0 Å². The maximum absolute atomic E-state index is 8.92. The van der Waals surface area contributed by atoms with Gasteiger partial charge in [-0.3, -0.25) is 0 Å². The van der Waals surface area contributed by atoms with Gasteiger partial charge in [-0.2, -0.15) is 0 Å². The first-order chi connectivity index (χ1) is 9.40. The summed E-state index contributed by atoms with van der Waals surface area (Å²) in [5.41, 5.74) is 0. The van der Waals surface area contributed by atoms with Crippen molar-refractivity contribution in [1.29, 1.82) is 0 Å². The molecule has 1 fully saturated rings. The highest BCUT2D eigenvalue weighted by molar-refractivity contribution is 7.79. The predicted molar refractivity (Wildman–Crippen MR) is 82.3 cm³/mol. The first-order valence-electron chi connectivity index (χ1n) is 6.39. The van der Waals surface area contributed by atoms with E-state index >= 15 is 0 Å². The minimum atomic E-state index is -1.14. The molecule has 0 aromatic carbocycles. The quantitative estimate of drug-likeness (QED) is 0.201. The third-order valence-electron chi connectivity index (χ3n) is 2.54. The molecule has 0 saturated carbocycles. The van der Waals surface area contributed by atoms with Crippen LogP contribution in [-0.2, 0) is 11.8 Å². The van der Waals surface area contributed by atoms with Crippen molar-refractivity contribution in [2.75, 3.05) is 25.3 Å². The summed E-state index contributed by atoms with van der Waals surface area (Å²) in [6.45, 7) is 1.26. The lowest BCUT2D eigenvalue weighted by atomic mass is 10.1. The molecule has 1 rings (SSSR count). The standard InChI is InChI=1S/C6H14O4.C5H10O2S.CH3Cl/c1-4(8)2-5(9)6(10)3-7;6-2-5-1-4(7)3-8-5;1-2/h4-10H,2-3H2,1H3;4-7H,1-3H2;1H3/p+1/t4?,5?,6-;;/m0../s1. The van der Waals surface area contributed by atoms with E-state index in [0.29, 0.717) is 5.25 Å². The molecule has 6 N–H and O–H groups in total. The molecule has 6 nitrogen and oxygen atoms in total. The van der Waals surface area contributed by atoms with Gasteiger partial charge in [0.05, 0.1) is 25.4 Å². The van der Waals surface area contributed by atoms with Gasteiger partial charge in [0.25, 0.3) is 0 Å². The van der Waals surface area contributed by atoms with Crippen molar-refractivity contribution in [3.8, 4) is 0 Å². The number of aliphatic hydroxyl groups is 6. The van der Waals surface area contributed by atoms with E-state index in [2.05, 4.69) is 11.6 Å². The van der Waals surface area contributed by atoms with Crippen molar-refractivity contribution < 1.29 is 30.6 Å². The molecule has 0 amide bonds. The Morgan fingerprint density at radius 1 is 1.15 bits per heavy atom. The minimum Gasteiger partial charge on any atom is -0.394 e. The van der Waals surface area contributed by atoms with E-state index in [1.165, 1.54) is 25.1 Å². The first-order valence-corrected chi connectivity index (χ1v) is 8.29. The average molecular weight is 336 g/mol. The molecule has 8 heteroatoms. The lowest BCUT2D eigenvalue weighted by molar-refractivity contribution is -0.0338. The summed E-state index contributed by atoms with van der Waals surface area (Å²) >= 11 is 5.85. The predicted octanol–water partition coefficient (Wildman–Crippen LogP) is -1.75. The van der Waals surface area contributed by atoms with E-state index in [0.717, 1.165) is 12.2 Å². The number of halogens is 1. The summed E-state index contributed by atoms with van der Waals surface area (Å²) in [7, 11) is 0. The minimum absolute atomic E-state index is 0.0850. The lowest BCUT2D eigenvalue weighted by Crippen LogP contribution is -2.31. The SMILES string of the molecule is CC(O)CC(O)[C@@H](O)CO.CCl.OCC1CC(O)C[SH+]1. The molecule has 0 bridgehead atoms. The van der Waals surface area contributed by atoms with Crippen LogP contribution in [0.15, 0.2) is 0 Å². The van der Waals surface area contributed by atoms with Gasteiger partial charge in [-0.25, -0.2) is 0 Å². The largest absolute Gasteiger partial charge is 0.394 e. The maximum atomic E-state index is 8.92. The second-order valence-corrected chi connectivity index (χ2v) is 5.95. The van der Waals surface area contributed by atoms with Crippen LogP contribution in [0, 0.1) is 0 Å². The molecule has 1 heterocycles. The Morgan fingerprint density at radius 2 is 1.70 bits per heavy atom. The van der Waals surface area contributed by atoms with Gasteiger partial charge >= 0.3 is 0 Å². The first kappa shape index (κ1) is 22.7. The maximum Gasteiger partial charge on any atom is 0.141 e.